The van der Waals surface area contributed by atoms with Crippen LogP contribution in [0.15, 0.2) is 12.3 Å². The molecule has 1 unspecified atom stereocenters. The van der Waals surface area contributed by atoms with Gasteiger partial charge in [-0.3, -0.25) is 4.98 Å². The molecule has 4 nitrogen and oxygen atoms in total. The minimum absolute atomic E-state index is 0.0168. The number of aryl methyl sites for hydroxylation is 1. The van der Waals surface area contributed by atoms with E-state index in [1.54, 1.807) is 6.20 Å². The van der Waals surface area contributed by atoms with Crippen molar-refractivity contribution in [1.29, 1.82) is 0 Å². The summed E-state index contributed by atoms with van der Waals surface area (Å²) < 4.78 is 0. The Bertz CT molecular complexity index is 368. The Hall–Kier alpha value is -1.13. The molecule has 2 N–H and O–H groups in total. The van der Waals surface area contributed by atoms with Gasteiger partial charge in [-0.05, 0) is 19.4 Å². The summed E-state index contributed by atoms with van der Waals surface area (Å²) in [5, 5.41) is 18.4. The maximum atomic E-state index is 9.28. The fraction of sp³-hybridized carbons (Fsp3) is 0.583. The van der Waals surface area contributed by atoms with Crippen LogP contribution in [0.3, 0.4) is 0 Å². The first-order valence-corrected chi connectivity index (χ1v) is 5.66. The Morgan fingerprint density at radius 3 is 2.94 bits per heavy atom. The van der Waals surface area contributed by atoms with E-state index in [-0.39, 0.29) is 13.2 Å². The van der Waals surface area contributed by atoms with Gasteiger partial charge in [0.15, 0.2) is 0 Å². The van der Waals surface area contributed by atoms with Gasteiger partial charge >= 0.3 is 0 Å². The topological polar surface area (TPSA) is 56.6 Å². The van der Waals surface area contributed by atoms with Gasteiger partial charge in [0.05, 0.1) is 6.61 Å². The highest BCUT2D eigenvalue weighted by Gasteiger charge is 2.23. The Morgan fingerprint density at radius 2 is 2.31 bits per heavy atom. The van der Waals surface area contributed by atoms with Crippen LogP contribution >= 0.6 is 0 Å². The number of aliphatic hydroxyl groups is 2. The summed E-state index contributed by atoms with van der Waals surface area (Å²) in [6.07, 6.45) is 2.75. The number of anilines is 1. The van der Waals surface area contributed by atoms with E-state index in [1.165, 1.54) is 0 Å². The number of rotatable bonds is 3. The maximum Gasteiger partial charge on any atom is 0.0717 e. The minimum atomic E-state index is 0.0168. The standard InChI is InChI=1S/C12H18N2O2/c1-9-4-12(11(8-16)5-13-9)14-3-2-10(6-14)7-15/h4-5,10,15-16H,2-3,6-8H2,1H3. The molecule has 1 aromatic heterocycles. The number of pyridine rings is 1. The van der Waals surface area contributed by atoms with Crippen molar-refractivity contribution in [3.8, 4) is 0 Å². The second kappa shape index (κ2) is 4.80. The third-order valence-corrected chi connectivity index (χ3v) is 3.15. The molecule has 1 aliphatic rings. The van der Waals surface area contributed by atoms with Gasteiger partial charge in [0.1, 0.15) is 0 Å². The van der Waals surface area contributed by atoms with Crippen molar-refractivity contribution in [2.45, 2.75) is 20.0 Å². The normalized spacial score (nSPS) is 20.4. The van der Waals surface area contributed by atoms with Gasteiger partial charge in [-0.25, -0.2) is 0 Å². The lowest BCUT2D eigenvalue weighted by Crippen LogP contribution is -2.22. The number of aliphatic hydroxyl groups excluding tert-OH is 2. The Balaban J connectivity index is 2.22. The van der Waals surface area contributed by atoms with Crippen molar-refractivity contribution in [3.05, 3.63) is 23.5 Å². The number of hydrogen-bond donors (Lipinski definition) is 2. The van der Waals surface area contributed by atoms with E-state index in [1.807, 2.05) is 13.0 Å². The van der Waals surface area contributed by atoms with Gasteiger partial charge in [0, 0.05) is 48.8 Å². The highest BCUT2D eigenvalue weighted by molar-refractivity contribution is 5.54. The summed E-state index contributed by atoms with van der Waals surface area (Å²) in [6, 6.07) is 2.01. The van der Waals surface area contributed by atoms with Crippen LogP contribution in [0.4, 0.5) is 5.69 Å². The van der Waals surface area contributed by atoms with E-state index < -0.39 is 0 Å². The van der Waals surface area contributed by atoms with Crippen LogP contribution in [0.25, 0.3) is 0 Å². The zero-order valence-corrected chi connectivity index (χ0v) is 9.56. The van der Waals surface area contributed by atoms with Crippen molar-refractivity contribution in [2.75, 3.05) is 24.6 Å². The molecule has 0 bridgehead atoms. The minimum Gasteiger partial charge on any atom is -0.396 e. The predicted octanol–water partition coefficient (Wildman–Crippen LogP) is 0.701. The quantitative estimate of drug-likeness (QED) is 0.790. The first-order chi connectivity index (χ1) is 7.74. The summed E-state index contributed by atoms with van der Waals surface area (Å²) in [4.78, 5) is 6.41. The summed E-state index contributed by atoms with van der Waals surface area (Å²) >= 11 is 0. The Kier molecular flexibility index (Phi) is 3.41. The molecule has 0 spiro atoms. The molecular weight excluding hydrogens is 204 g/mol. The number of nitrogens with zero attached hydrogens (tertiary/aromatic N) is 2. The van der Waals surface area contributed by atoms with Crippen LogP contribution in [0.2, 0.25) is 0 Å². The highest BCUT2D eigenvalue weighted by Crippen LogP contribution is 2.27. The lowest BCUT2D eigenvalue weighted by molar-refractivity contribution is 0.238. The van der Waals surface area contributed by atoms with Gasteiger partial charge in [0.2, 0.25) is 0 Å². The summed E-state index contributed by atoms with van der Waals surface area (Å²) in [6.45, 7) is 4.02. The third-order valence-electron chi connectivity index (χ3n) is 3.15. The molecule has 1 aliphatic heterocycles. The van der Waals surface area contributed by atoms with E-state index in [0.29, 0.717) is 5.92 Å². The van der Waals surface area contributed by atoms with E-state index in [2.05, 4.69) is 9.88 Å². The van der Waals surface area contributed by atoms with Gasteiger partial charge in [-0.1, -0.05) is 0 Å². The zero-order chi connectivity index (χ0) is 11.5. The maximum absolute atomic E-state index is 9.28. The number of hydrogen-bond acceptors (Lipinski definition) is 4. The van der Waals surface area contributed by atoms with Crippen LogP contribution in [-0.2, 0) is 6.61 Å². The van der Waals surface area contributed by atoms with Crippen molar-refractivity contribution < 1.29 is 10.2 Å². The van der Waals surface area contributed by atoms with Gasteiger partial charge in [0.25, 0.3) is 0 Å². The van der Waals surface area contributed by atoms with E-state index >= 15 is 0 Å². The summed E-state index contributed by atoms with van der Waals surface area (Å²) in [5.74, 6) is 0.361. The Labute approximate surface area is 95.5 Å². The molecule has 4 heteroatoms. The average molecular weight is 222 g/mol. The molecule has 2 heterocycles. The molecular formula is C12H18N2O2. The third kappa shape index (κ3) is 2.18. The molecule has 0 aliphatic carbocycles. The van der Waals surface area contributed by atoms with Crippen molar-refractivity contribution in [2.24, 2.45) is 5.92 Å². The molecule has 1 fully saturated rings. The first kappa shape index (κ1) is 11.4. The Morgan fingerprint density at radius 1 is 1.50 bits per heavy atom. The van der Waals surface area contributed by atoms with Crippen molar-refractivity contribution >= 4 is 5.69 Å². The first-order valence-electron chi connectivity index (χ1n) is 5.66. The van der Waals surface area contributed by atoms with Crippen LogP contribution in [0.5, 0.6) is 0 Å². The molecule has 0 radical (unpaired) electrons. The number of aromatic nitrogens is 1. The van der Waals surface area contributed by atoms with Crippen LogP contribution < -0.4 is 4.90 Å². The second-order valence-electron chi connectivity index (χ2n) is 4.40. The van der Waals surface area contributed by atoms with Crippen molar-refractivity contribution in [1.82, 2.24) is 4.98 Å². The molecule has 1 aromatic rings. The van der Waals surface area contributed by atoms with Crippen LogP contribution in [-0.4, -0.2) is 34.9 Å². The molecule has 88 valence electrons. The molecule has 2 rings (SSSR count). The highest BCUT2D eigenvalue weighted by atomic mass is 16.3. The van der Waals surface area contributed by atoms with Gasteiger partial charge < -0.3 is 15.1 Å². The fourth-order valence-corrected chi connectivity index (χ4v) is 2.19. The second-order valence-corrected chi connectivity index (χ2v) is 4.40. The predicted molar refractivity (Wildman–Crippen MR) is 62.3 cm³/mol. The molecule has 0 aromatic carbocycles. The van der Waals surface area contributed by atoms with E-state index in [0.717, 1.165) is 36.5 Å². The lowest BCUT2D eigenvalue weighted by atomic mass is 10.1. The molecule has 0 amide bonds. The summed E-state index contributed by atoms with van der Waals surface area (Å²) in [5.41, 5.74) is 2.88. The van der Waals surface area contributed by atoms with Crippen molar-refractivity contribution in [3.63, 3.8) is 0 Å². The molecule has 16 heavy (non-hydrogen) atoms. The van der Waals surface area contributed by atoms with Crippen LogP contribution in [0.1, 0.15) is 17.7 Å². The molecule has 1 saturated heterocycles. The fourth-order valence-electron chi connectivity index (χ4n) is 2.19. The average Bonchev–Trinajstić information content (AvgIpc) is 2.77. The summed E-state index contributed by atoms with van der Waals surface area (Å²) in [7, 11) is 0. The van der Waals surface area contributed by atoms with Gasteiger partial charge in [-0.2, -0.15) is 0 Å². The lowest BCUT2D eigenvalue weighted by Gasteiger charge is -2.21. The van der Waals surface area contributed by atoms with Gasteiger partial charge in [-0.15, -0.1) is 0 Å². The molecule has 1 atom stereocenters. The van der Waals surface area contributed by atoms with Crippen LogP contribution in [0, 0.1) is 12.8 Å². The largest absolute Gasteiger partial charge is 0.396 e. The monoisotopic (exact) mass is 222 g/mol. The van der Waals surface area contributed by atoms with E-state index in [9.17, 15) is 5.11 Å². The smallest absolute Gasteiger partial charge is 0.0717 e. The SMILES string of the molecule is Cc1cc(N2CCC(CO)C2)c(CO)cn1. The zero-order valence-electron chi connectivity index (χ0n) is 9.56. The van der Waals surface area contributed by atoms with E-state index in [4.69, 9.17) is 5.11 Å². The molecule has 0 saturated carbocycles.